The number of likely N-dealkylation sites (tertiary alicyclic amines) is 1. The molecule has 0 aliphatic carbocycles. The van der Waals surface area contributed by atoms with Crippen LogP contribution in [-0.2, 0) is 16.1 Å². The van der Waals surface area contributed by atoms with E-state index in [1.165, 1.54) is 5.56 Å². The van der Waals surface area contributed by atoms with Crippen LogP contribution in [0.15, 0.2) is 48.5 Å². The molecule has 0 aromatic heterocycles. The van der Waals surface area contributed by atoms with Crippen molar-refractivity contribution in [1.29, 1.82) is 0 Å². The van der Waals surface area contributed by atoms with Crippen molar-refractivity contribution < 1.29 is 14.3 Å². The number of aryl methyl sites for hydroxylation is 1. The second-order valence-corrected chi connectivity index (χ2v) is 8.17. The predicted molar refractivity (Wildman–Crippen MR) is 116 cm³/mol. The quantitative estimate of drug-likeness (QED) is 0.765. The normalized spacial score (nSPS) is 19.3. The Labute approximate surface area is 178 Å². The number of methoxy groups -OCH3 is 1. The summed E-state index contributed by atoms with van der Waals surface area (Å²) in [6.07, 6.45) is 0.320. The van der Waals surface area contributed by atoms with Crippen LogP contribution in [-0.4, -0.2) is 61.4 Å². The SMILES string of the molecule is COc1cccc(N2CCN(C(=O)[C@H]3CC(=O)N(Cc4ccc(C)cc4)C3)CC2)c1. The number of carbonyl (C=O) groups excluding carboxylic acids is 2. The van der Waals surface area contributed by atoms with E-state index in [1.54, 1.807) is 7.11 Å². The van der Waals surface area contributed by atoms with Crippen LogP contribution < -0.4 is 9.64 Å². The molecule has 2 aromatic rings. The molecule has 4 rings (SSSR count). The molecule has 30 heavy (non-hydrogen) atoms. The van der Waals surface area contributed by atoms with Crippen LogP contribution in [0.3, 0.4) is 0 Å². The molecule has 0 N–H and O–H groups in total. The zero-order valence-electron chi connectivity index (χ0n) is 17.7. The van der Waals surface area contributed by atoms with Gasteiger partial charge in [0.1, 0.15) is 5.75 Å². The maximum absolute atomic E-state index is 13.0. The third-order valence-corrected chi connectivity index (χ3v) is 6.07. The molecule has 2 aliphatic rings. The number of rotatable bonds is 5. The molecule has 2 fully saturated rings. The lowest BCUT2D eigenvalue weighted by atomic mass is 10.1. The van der Waals surface area contributed by atoms with E-state index < -0.39 is 0 Å². The summed E-state index contributed by atoms with van der Waals surface area (Å²) in [6, 6.07) is 16.2. The average molecular weight is 408 g/mol. The Hall–Kier alpha value is -3.02. The Morgan fingerprint density at radius 1 is 1.07 bits per heavy atom. The highest BCUT2D eigenvalue weighted by atomic mass is 16.5. The monoisotopic (exact) mass is 407 g/mol. The van der Waals surface area contributed by atoms with Gasteiger partial charge in [0.05, 0.1) is 13.0 Å². The van der Waals surface area contributed by atoms with E-state index in [4.69, 9.17) is 4.74 Å². The predicted octanol–water partition coefficient (Wildman–Crippen LogP) is 2.70. The van der Waals surface area contributed by atoms with E-state index in [2.05, 4.69) is 35.2 Å². The number of piperazine rings is 1. The second-order valence-electron chi connectivity index (χ2n) is 8.17. The minimum atomic E-state index is -0.230. The number of anilines is 1. The van der Waals surface area contributed by atoms with Crippen molar-refractivity contribution in [3.05, 3.63) is 59.7 Å². The van der Waals surface area contributed by atoms with Crippen LogP contribution in [0.25, 0.3) is 0 Å². The largest absolute Gasteiger partial charge is 0.497 e. The lowest BCUT2D eigenvalue weighted by Crippen LogP contribution is -2.50. The van der Waals surface area contributed by atoms with Gasteiger partial charge in [-0.1, -0.05) is 35.9 Å². The van der Waals surface area contributed by atoms with Gasteiger partial charge >= 0.3 is 0 Å². The van der Waals surface area contributed by atoms with Crippen LogP contribution in [0, 0.1) is 12.8 Å². The van der Waals surface area contributed by atoms with Crippen molar-refractivity contribution >= 4 is 17.5 Å². The molecule has 2 heterocycles. The fraction of sp³-hybridized carbons (Fsp3) is 0.417. The molecule has 6 heteroatoms. The Morgan fingerprint density at radius 3 is 2.50 bits per heavy atom. The summed E-state index contributed by atoms with van der Waals surface area (Å²) in [6.45, 7) is 6.07. The Morgan fingerprint density at radius 2 is 1.80 bits per heavy atom. The Balaban J connectivity index is 1.32. The van der Waals surface area contributed by atoms with Crippen LogP contribution in [0.4, 0.5) is 5.69 Å². The van der Waals surface area contributed by atoms with Gasteiger partial charge < -0.3 is 19.4 Å². The Kier molecular flexibility index (Phi) is 5.93. The first kappa shape index (κ1) is 20.3. The molecule has 0 bridgehead atoms. The summed E-state index contributed by atoms with van der Waals surface area (Å²) in [5.41, 5.74) is 3.42. The fourth-order valence-corrected chi connectivity index (χ4v) is 4.25. The summed E-state index contributed by atoms with van der Waals surface area (Å²) in [7, 11) is 1.67. The summed E-state index contributed by atoms with van der Waals surface area (Å²) >= 11 is 0. The van der Waals surface area contributed by atoms with E-state index in [1.807, 2.05) is 34.9 Å². The zero-order chi connectivity index (χ0) is 21.1. The van der Waals surface area contributed by atoms with Crippen molar-refractivity contribution in [3.63, 3.8) is 0 Å². The number of amides is 2. The van der Waals surface area contributed by atoms with Gasteiger partial charge in [-0.05, 0) is 24.6 Å². The van der Waals surface area contributed by atoms with Crippen molar-refractivity contribution in [2.75, 3.05) is 44.7 Å². The first-order valence-electron chi connectivity index (χ1n) is 10.5. The van der Waals surface area contributed by atoms with Gasteiger partial charge in [-0.2, -0.15) is 0 Å². The summed E-state index contributed by atoms with van der Waals surface area (Å²) in [4.78, 5) is 31.5. The molecule has 6 nitrogen and oxygen atoms in total. The molecule has 2 aliphatic heterocycles. The fourth-order valence-electron chi connectivity index (χ4n) is 4.25. The summed E-state index contributed by atoms with van der Waals surface area (Å²) in [5, 5.41) is 0. The van der Waals surface area contributed by atoms with Gasteiger partial charge in [-0.3, -0.25) is 9.59 Å². The van der Waals surface area contributed by atoms with E-state index in [0.29, 0.717) is 32.6 Å². The van der Waals surface area contributed by atoms with Gasteiger partial charge in [-0.15, -0.1) is 0 Å². The first-order valence-corrected chi connectivity index (χ1v) is 10.5. The Bertz CT molecular complexity index is 904. The molecule has 0 unspecified atom stereocenters. The lowest BCUT2D eigenvalue weighted by molar-refractivity contribution is -0.136. The zero-order valence-corrected chi connectivity index (χ0v) is 17.7. The molecule has 158 valence electrons. The molecule has 0 radical (unpaired) electrons. The molecule has 0 spiro atoms. The maximum Gasteiger partial charge on any atom is 0.228 e. The van der Waals surface area contributed by atoms with Crippen LogP contribution in [0.1, 0.15) is 17.5 Å². The third-order valence-electron chi connectivity index (χ3n) is 6.07. The van der Waals surface area contributed by atoms with Crippen LogP contribution in [0.2, 0.25) is 0 Å². The van der Waals surface area contributed by atoms with E-state index in [0.717, 1.165) is 30.1 Å². The number of nitrogens with zero attached hydrogens (tertiary/aromatic N) is 3. The first-order chi connectivity index (χ1) is 14.5. The summed E-state index contributed by atoms with van der Waals surface area (Å²) < 4.78 is 5.31. The summed E-state index contributed by atoms with van der Waals surface area (Å²) in [5.74, 6) is 0.791. The van der Waals surface area contributed by atoms with Crippen molar-refractivity contribution in [1.82, 2.24) is 9.80 Å². The number of benzene rings is 2. The highest BCUT2D eigenvalue weighted by Gasteiger charge is 2.37. The van der Waals surface area contributed by atoms with Gasteiger partial charge in [0.15, 0.2) is 0 Å². The number of hydrogen-bond donors (Lipinski definition) is 0. The molecule has 1 atom stereocenters. The minimum Gasteiger partial charge on any atom is -0.497 e. The van der Waals surface area contributed by atoms with E-state index in [-0.39, 0.29) is 17.7 Å². The van der Waals surface area contributed by atoms with Crippen LogP contribution >= 0.6 is 0 Å². The molecular weight excluding hydrogens is 378 g/mol. The second kappa shape index (κ2) is 8.78. The topological polar surface area (TPSA) is 53.1 Å². The number of carbonyl (C=O) groups is 2. The average Bonchev–Trinajstić information content (AvgIpc) is 3.15. The van der Waals surface area contributed by atoms with E-state index in [9.17, 15) is 9.59 Å². The smallest absolute Gasteiger partial charge is 0.228 e. The van der Waals surface area contributed by atoms with Crippen LogP contribution in [0.5, 0.6) is 5.75 Å². The van der Waals surface area contributed by atoms with Gasteiger partial charge in [0.25, 0.3) is 0 Å². The van der Waals surface area contributed by atoms with Gasteiger partial charge in [-0.25, -0.2) is 0 Å². The molecular formula is C24H29N3O3. The molecule has 2 amide bonds. The highest BCUT2D eigenvalue weighted by Crippen LogP contribution is 2.25. The van der Waals surface area contributed by atoms with Crippen molar-refractivity contribution in [2.45, 2.75) is 19.9 Å². The number of hydrogen-bond acceptors (Lipinski definition) is 4. The van der Waals surface area contributed by atoms with Gasteiger partial charge in [0.2, 0.25) is 11.8 Å². The molecule has 0 saturated carbocycles. The molecule has 2 saturated heterocycles. The number of ether oxygens (including phenoxy) is 1. The standard InChI is InChI=1S/C24H29N3O3/c1-18-6-8-19(9-7-18)16-27-17-20(14-23(27)28)24(29)26-12-10-25(11-13-26)21-4-3-5-22(15-21)30-2/h3-9,15,20H,10-14,16-17H2,1-2H3/t20-/m0/s1. The van der Waals surface area contributed by atoms with E-state index >= 15 is 0 Å². The van der Waals surface area contributed by atoms with Crippen molar-refractivity contribution in [2.24, 2.45) is 5.92 Å². The highest BCUT2D eigenvalue weighted by molar-refractivity contribution is 5.89. The van der Waals surface area contributed by atoms with Crippen molar-refractivity contribution in [3.8, 4) is 5.75 Å². The third kappa shape index (κ3) is 4.42. The lowest BCUT2D eigenvalue weighted by Gasteiger charge is -2.37. The minimum absolute atomic E-state index is 0.0731. The molecule has 2 aromatic carbocycles. The maximum atomic E-state index is 13.0. The van der Waals surface area contributed by atoms with Gasteiger partial charge in [0, 0.05) is 57.4 Å².